The Morgan fingerprint density at radius 2 is 2.38 bits per heavy atom. The van der Waals surface area contributed by atoms with Gasteiger partial charge in [0, 0.05) is 23.2 Å². The molecule has 0 spiro atoms. The Hall–Kier alpha value is -1.13. The molecule has 2 aromatic heterocycles. The van der Waals surface area contributed by atoms with Gasteiger partial charge in [0.05, 0.1) is 12.2 Å². The molecule has 0 aliphatic carbocycles. The van der Waals surface area contributed by atoms with Crippen molar-refractivity contribution in [1.82, 2.24) is 15.1 Å². The number of hydrogen-bond donors (Lipinski definition) is 1. The van der Waals surface area contributed by atoms with Crippen molar-refractivity contribution in [3.8, 4) is 0 Å². The number of aryl methyl sites for hydroxylation is 1. The van der Waals surface area contributed by atoms with E-state index in [0.29, 0.717) is 0 Å². The van der Waals surface area contributed by atoms with Gasteiger partial charge in [0.2, 0.25) is 0 Å². The van der Waals surface area contributed by atoms with Gasteiger partial charge in [-0.05, 0) is 24.9 Å². The molecule has 0 radical (unpaired) electrons. The monoisotopic (exact) mass is 235 g/mol. The minimum atomic E-state index is 0.283. The molecule has 0 aliphatic heterocycles. The fraction of sp³-hybridized carbons (Fsp3) is 0.417. The summed E-state index contributed by atoms with van der Waals surface area (Å²) in [6.07, 6.45) is 4.07. The van der Waals surface area contributed by atoms with E-state index in [1.54, 1.807) is 11.3 Å². The molecule has 0 saturated heterocycles. The van der Waals surface area contributed by atoms with Crippen LogP contribution in [0.25, 0.3) is 0 Å². The van der Waals surface area contributed by atoms with Crippen LogP contribution in [0.4, 0.5) is 0 Å². The van der Waals surface area contributed by atoms with Crippen LogP contribution in [0.15, 0.2) is 29.9 Å². The molecule has 0 fully saturated rings. The minimum Gasteiger partial charge on any atom is -0.306 e. The maximum absolute atomic E-state index is 4.33. The van der Waals surface area contributed by atoms with E-state index >= 15 is 0 Å². The fourth-order valence-electron chi connectivity index (χ4n) is 1.74. The zero-order valence-electron chi connectivity index (χ0n) is 9.68. The first-order valence-corrected chi connectivity index (χ1v) is 6.52. The van der Waals surface area contributed by atoms with Crippen molar-refractivity contribution in [2.45, 2.75) is 26.4 Å². The second-order valence-corrected chi connectivity index (χ2v) is 4.61. The van der Waals surface area contributed by atoms with Crippen molar-refractivity contribution in [1.29, 1.82) is 0 Å². The van der Waals surface area contributed by atoms with Gasteiger partial charge in [-0.15, -0.1) is 11.3 Å². The lowest BCUT2D eigenvalue weighted by Crippen LogP contribution is -2.20. The van der Waals surface area contributed by atoms with E-state index in [1.165, 1.54) is 10.4 Å². The first-order chi connectivity index (χ1) is 7.85. The van der Waals surface area contributed by atoms with Crippen molar-refractivity contribution in [3.05, 3.63) is 40.3 Å². The van der Waals surface area contributed by atoms with Gasteiger partial charge >= 0.3 is 0 Å². The molecule has 1 unspecified atom stereocenters. The second kappa shape index (κ2) is 5.27. The molecule has 2 heterocycles. The predicted octanol–water partition coefficient (Wildman–Crippen LogP) is 2.66. The molecule has 16 heavy (non-hydrogen) atoms. The third kappa shape index (κ3) is 2.33. The molecule has 3 nitrogen and oxygen atoms in total. The Morgan fingerprint density at radius 3 is 2.94 bits per heavy atom. The highest BCUT2D eigenvalue weighted by Crippen LogP contribution is 2.25. The van der Waals surface area contributed by atoms with E-state index in [9.17, 15) is 0 Å². The highest BCUT2D eigenvalue weighted by molar-refractivity contribution is 7.10. The maximum Gasteiger partial charge on any atom is 0.0701 e. The van der Waals surface area contributed by atoms with E-state index < -0.39 is 0 Å². The quantitative estimate of drug-likeness (QED) is 0.863. The average Bonchev–Trinajstić information content (AvgIpc) is 2.97. The van der Waals surface area contributed by atoms with Crippen molar-refractivity contribution >= 4 is 11.3 Å². The smallest absolute Gasteiger partial charge is 0.0701 e. The highest BCUT2D eigenvalue weighted by Gasteiger charge is 2.15. The van der Waals surface area contributed by atoms with Gasteiger partial charge in [0.15, 0.2) is 0 Å². The van der Waals surface area contributed by atoms with E-state index in [4.69, 9.17) is 0 Å². The van der Waals surface area contributed by atoms with E-state index in [2.05, 4.69) is 48.0 Å². The third-order valence-corrected chi connectivity index (χ3v) is 3.48. The van der Waals surface area contributed by atoms with E-state index in [1.807, 2.05) is 10.9 Å². The lowest BCUT2D eigenvalue weighted by molar-refractivity contribution is 0.632. The zero-order valence-corrected chi connectivity index (χ0v) is 10.5. The predicted molar refractivity (Wildman–Crippen MR) is 67.7 cm³/mol. The summed E-state index contributed by atoms with van der Waals surface area (Å²) in [7, 11) is 0. The summed E-state index contributed by atoms with van der Waals surface area (Å²) in [6.45, 7) is 6.11. The zero-order chi connectivity index (χ0) is 11.4. The molecular formula is C12H17N3S. The summed E-state index contributed by atoms with van der Waals surface area (Å²) >= 11 is 1.78. The van der Waals surface area contributed by atoms with Crippen LogP contribution in [-0.2, 0) is 6.54 Å². The first kappa shape index (κ1) is 11.4. The second-order valence-electron chi connectivity index (χ2n) is 3.64. The largest absolute Gasteiger partial charge is 0.306 e. The maximum atomic E-state index is 4.33. The van der Waals surface area contributed by atoms with Gasteiger partial charge in [-0.3, -0.25) is 4.68 Å². The Bertz CT molecular complexity index is 419. The fourth-order valence-corrected chi connectivity index (χ4v) is 2.57. The van der Waals surface area contributed by atoms with Crippen LogP contribution in [0.3, 0.4) is 0 Å². The summed E-state index contributed by atoms with van der Waals surface area (Å²) in [5.74, 6) is 0. The molecule has 0 amide bonds. The SMILES string of the molecule is CCNC(c1cnn(CC)c1)c1cccs1. The van der Waals surface area contributed by atoms with Gasteiger partial charge < -0.3 is 5.32 Å². The Morgan fingerprint density at radius 1 is 1.50 bits per heavy atom. The van der Waals surface area contributed by atoms with E-state index in [0.717, 1.165) is 13.1 Å². The van der Waals surface area contributed by atoms with E-state index in [-0.39, 0.29) is 6.04 Å². The van der Waals surface area contributed by atoms with Crippen molar-refractivity contribution in [2.75, 3.05) is 6.54 Å². The standard InChI is InChI=1S/C12H17N3S/c1-3-13-12(11-6-5-7-16-11)10-8-14-15(4-2)9-10/h5-9,12-13H,3-4H2,1-2H3. The molecule has 1 N–H and O–H groups in total. The lowest BCUT2D eigenvalue weighted by atomic mass is 10.1. The van der Waals surface area contributed by atoms with Crippen LogP contribution < -0.4 is 5.32 Å². The van der Waals surface area contributed by atoms with Crippen molar-refractivity contribution in [2.24, 2.45) is 0 Å². The number of nitrogens with one attached hydrogen (secondary N) is 1. The van der Waals surface area contributed by atoms with Gasteiger partial charge in [-0.25, -0.2) is 0 Å². The first-order valence-electron chi connectivity index (χ1n) is 5.64. The third-order valence-electron chi connectivity index (χ3n) is 2.55. The molecule has 0 aromatic carbocycles. The van der Waals surface area contributed by atoms with Crippen LogP contribution in [0, 0.1) is 0 Å². The van der Waals surface area contributed by atoms with Gasteiger partial charge in [0.25, 0.3) is 0 Å². The van der Waals surface area contributed by atoms with Crippen LogP contribution >= 0.6 is 11.3 Å². The minimum absolute atomic E-state index is 0.283. The van der Waals surface area contributed by atoms with Crippen LogP contribution in [0.1, 0.15) is 30.3 Å². The molecule has 0 saturated carbocycles. The normalized spacial score (nSPS) is 12.9. The Kier molecular flexibility index (Phi) is 3.74. The highest BCUT2D eigenvalue weighted by atomic mass is 32.1. The van der Waals surface area contributed by atoms with Gasteiger partial charge in [0.1, 0.15) is 0 Å². The number of rotatable bonds is 5. The summed E-state index contributed by atoms with van der Waals surface area (Å²) < 4.78 is 1.97. The van der Waals surface area contributed by atoms with Gasteiger partial charge in [-0.1, -0.05) is 13.0 Å². The number of thiophene rings is 1. The summed E-state index contributed by atoms with van der Waals surface area (Å²) in [4.78, 5) is 1.34. The van der Waals surface area contributed by atoms with Crippen LogP contribution in [-0.4, -0.2) is 16.3 Å². The lowest BCUT2D eigenvalue weighted by Gasteiger charge is -2.14. The molecule has 2 aromatic rings. The molecule has 4 heteroatoms. The number of nitrogens with zero attached hydrogens (tertiary/aromatic N) is 2. The molecular weight excluding hydrogens is 218 g/mol. The van der Waals surface area contributed by atoms with Crippen molar-refractivity contribution in [3.63, 3.8) is 0 Å². The Labute approximate surface area is 100 Å². The molecule has 2 rings (SSSR count). The molecule has 1 atom stereocenters. The van der Waals surface area contributed by atoms with Crippen LogP contribution in [0.5, 0.6) is 0 Å². The topological polar surface area (TPSA) is 29.9 Å². The summed E-state index contributed by atoms with van der Waals surface area (Å²) in [6, 6.07) is 4.54. The number of aromatic nitrogens is 2. The van der Waals surface area contributed by atoms with Crippen LogP contribution in [0.2, 0.25) is 0 Å². The van der Waals surface area contributed by atoms with Gasteiger partial charge in [-0.2, -0.15) is 5.10 Å². The number of hydrogen-bond acceptors (Lipinski definition) is 3. The summed E-state index contributed by atoms with van der Waals surface area (Å²) in [5.41, 5.74) is 1.24. The molecule has 0 bridgehead atoms. The van der Waals surface area contributed by atoms with Crippen molar-refractivity contribution < 1.29 is 0 Å². The summed E-state index contributed by atoms with van der Waals surface area (Å²) in [5, 5.41) is 9.94. The molecule has 86 valence electrons. The average molecular weight is 235 g/mol. The molecule has 0 aliphatic rings. The Balaban J connectivity index is 2.25.